The number of hydrogen-bond acceptors (Lipinski definition) is 3. The summed E-state index contributed by atoms with van der Waals surface area (Å²) < 4.78 is 16.2. The first-order valence-electron chi connectivity index (χ1n) is 9.72. The van der Waals surface area contributed by atoms with Crippen LogP contribution in [0.4, 0.5) is 10.1 Å². The van der Waals surface area contributed by atoms with Gasteiger partial charge in [-0.25, -0.2) is 9.37 Å². The highest BCUT2D eigenvalue weighted by atomic mass is 19.1. The van der Waals surface area contributed by atoms with Crippen LogP contribution in [0.25, 0.3) is 17.6 Å². The molecule has 0 aliphatic heterocycles. The van der Waals surface area contributed by atoms with Gasteiger partial charge >= 0.3 is 0 Å². The number of anilines is 1. The van der Waals surface area contributed by atoms with Gasteiger partial charge in [-0.1, -0.05) is 25.1 Å². The monoisotopic (exact) mass is 400 g/mol. The largest absolute Gasteiger partial charge is 0.321 e. The van der Waals surface area contributed by atoms with Crippen molar-refractivity contribution in [2.45, 2.75) is 20.3 Å². The first-order valence-corrected chi connectivity index (χ1v) is 9.72. The Labute approximate surface area is 173 Å². The number of nitrogens with zero attached hydrogens (tertiary/aromatic N) is 3. The zero-order chi connectivity index (χ0) is 21.1. The topological polar surface area (TPSA) is 59.3 Å². The number of aryl methyl sites for hydroxylation is 2. The van der Waals surface area contributed by atoms with Crippen LogP contribution in [0.15, 0.2) is 67.0 Å². The predicted molar refractivity (Wildman–Crippen MR) is 117 cm³/mol. The maximum absolute atomic E-state index is 14.3. The minimum Gasteiger partial charge on any atom is -0.321 e. The van der Waals surface area contributed by atoms with Crippen LogP contribution in [-0.4, -0.2) is 20.3 Å². The first kappa shape index (κ1) is 19.5. The maximum Gasteiger partial charge on any atom is 0.255 e. The molecular formula is C24H21FN4O. The standard InChI is InChI=1S/C24H21FN4O/c1-3-21-16(2)29-15-19(11-12-23(29)28-21)27-24(30)18-9-7-17(8-10-18)14-20(25)22-6-4-5-13-26-22/h4-15H,3H2,1-2H3,(H,27,30)/b20-14-. The lowest BCUT2D eigenvalue weighted by atomic mass is 10.1. The number of halogens is 1. The van der Waals surface area contributed by atoms with Crippen molar-refractivity contribution in [3.63, 3.8) is 0 Å². The highest BCUT2D eigenvalue weighted by molar-refractivity contribution is 6.04. The molecule has 1 aromatic carbocycles. The Balaban J connectivity index is 1.50. The van der Waals surface area contributed by atoms with Crippen LogP contribution in [-0.2, 0) is 6.42 Å². The third-order valence-electron chi connectivity index (χ3n) is 4.92. The predicted octanol–water partition coefficient (Wildman–Crippen LogP) is 5.32. The molecule has 0 bridgehead atoms. The number of rotatable bonds is 5. The summed E-state index contributed by atoms with van der Waals surface area (Å²) in [4.78, 5) is 21.2. The third-order valence-corrected chi connectivity index (χ3v) is 4.92. The molecule has 30 heavy (non-hydrogen) atoms. The van der Waals surface area contributed by atoms with Gasteiger partial charge in [-0.15, -0.1) is 0 Å². The van der Waals surface area contributed by atoms with E-state index in [0.717, 1.165) is 23.5 Å². The van der Waals surface area contributed by atoms with Crippen LogP contribution >= 0.6 is 0 Å². The molecule has 3 heterocycles. The summed E-state index contributed by atoms with van der Waals surface area (Å²) in [5.41, 5.74) is 5.05. The van der Waals surface area contributed by atoms with Crippen LogP contribution < -0.4 is 5.32 Å². The lowest BCUT2D eigenvalue weighted by Gasteiger charge is -2.07. The van der Waals surface area contributed by atoms with Crippen molar-refractivity contribution in [3.05, 3.63) is 95.2 Å². The molecular weight excluding hydrogens is 379 g/mol. The summed E-state index contributed by atoms with van der Waals surface area (Å²) in [6.07, 6.45) is 5.66. The summed E-state index contributed by atoms with van der Waals surface area (Å²) >= 11 is 0. The number of nitrogens with one attached hydrogen (secondary N) is 1. The number of carbonyl (C=O) groups excluding carboxylic acids is 1. The zero-order valence-electron chi connectivity index (χ0n) is 16.8. The fraction of sp³-hybridized carbons (Fsp3) is 0.125. The van der Waals surface area contributed by atoms with Crippen molar-refractivity contribution in [1.29, 1.82) is 0 Å². The molecule has 0 aliphatic rings. The Bertz CT molecular complexity index is 1230. The highest BCUT2D eigenvalue weighted by Gasteiger charge is 2.10. The molecule has 0 aliphatic carbocycles. The Morgan fingerprint density at radius 3 is 2.63 bits per heavy atom. The molecule has 0 fully saturated rings. The second-order valence-corrected chi connectivity index (χ2v) is 6.93. The summed E-state index contributed by atoms with van der Waals surface area (Å²) in [5, 5.41) is 2.90. The fourth-order valence-corrected chi connectivity index (χ4v) is 3.28. The van der Waals surface area contributed by atoms with Gasteiger partial charge in [-0.3, -0.25) is 9.78 Å². The first-order chi connectivity index (χ1) is 14.5. The van der Waals surface area contributed by atoms with E-state index in [1.54, 1.807) is 48.7 Å². The van der Waals surface area contributed by atoms with E-state index in [1.165, 1.54) is 6.08 Å². The molecule has 150 valence electrons. The number of carbonyl (C=O) groups is 1. The van der Waals surface area contributed by atoms with Crippen LogP contribution in [0, 0.1) is 6.92 Å². The van der Waals surface area contributed by atoms with Gasteiger partial charge in [-0.2, -0.15) is 0 Å². The minimum atomic E-state index is -0.428. The quantitative estimate of drug-likeness (QED) is 0.493. The summed E-state index contributed by atoms with van der Waals surface area (Å²) in [7, 11) is 0. The van der Waals surface area contributed by atoms with E-state index in [0.29, 0.717) is 16.8 Å². The Morgan fingerprint density at radius 1 is 1.13 bits per heavy atom. The van der Waals surface area contributed by atoms with E-state index in [1.807, 2.05) is 29.7 Å². The van der Waals surface area contributed by atoms with E-state index < -0.39 is 5.83 Å². The molecule has 0 radical (unpaired) electrons. The second kappa shape index (κ2) is 8.29. The summed E-state index contributed by atoms with van der Waals surface area (Å²) in [5.74, 6) is -0.660. The smallest absolute Gasteiger partial charge is 0.255 e. The molecule has 0 unspecified atom stereocenters. The molecule has 0 atom stereocenters. The van der Waals surface area contributed by atoms with Gasteiger partial charge in [0.05, 0.1) is 17.1 Å². The van der Waals surface area contributed by atoms with Gasteiger partial charge in [0.15, 0.2) is 0 Å². The number of fused-ring (bicyclic) bond motifs is 1. The summed E-state index contributed by atoms with van der Waals surface area (Å²) in [6, 6.07) is 15.5. The molecule has 0 spiro atoms. The van der Waals surface area contributed by atoms with Gasteiger partial charge in [0.1, 0.15) is 11.5 Å². The number of hydrogen-bond donors (Lipinski definition) is 1. The van der Waals surface area contributed by atoms with Crippen molar-refractivity contribution >= 4 is 29.1 Å². The molecule has 6 heteroatoms. The van der Waals surface area contributed by atoms with Gasteiger partial charge in [0.25, 0.3) is 5.91 Å². The average molecular weight is 400 g/mol. The Kier molecular flexibility index (Phi) is 5.39. The number of imidazole rings is 1. The fourth-order valence-electron chi connectivity index (χ4n) is 3.28. The SMILES string of the molecule is CCc1nc2ccc(NC(=O)c3ccc(/C=C(\F)c4ccccn4)cc3)cn2c1C. The molecule has 0 saturated heterocycles. The number of aromatic nitrogens is 3. The van der Waals surface area contributed by atoms with E-state index in [-0.39, 0.29) is 11.6 Å². The van der Waals surface area contributed by atoms with Crippen LogP contribution in [0.5, 0.6) is 0 Å². The molecule has 4 aromatic rings. The molecule has 0 saturated carbocycles. The number of benzene rings is 1. The summed E-state index contributed by atoms with van der Waals surface area (Å²) in [6.45, 7) is 4.08. The highest BCUT2D eigenvalue weighted by Crippen LogP contribution is 2.19. The normalized spacial score (nSPS) is 11.6. The Morgan fingerprint density at radius 2 is 1.93 bits per heavy atom. The third kappa shape index (κ3) is 3.98. The number of amides is 1. The van der Waals surface area contributed by atoms with E-state index in [4.69, 9.17) is 0 Å². The molecule has 5 nitrogen and oxygen atoms in total. The molecule has 1 N–H and O–H groups in total. The lowest BCUT2D eigenvalue weighted by molar-refractivity contribution is 0.102. The van der Waals surface area contributed by atoms with Crippen LogP contribution in [0.3, 0.4) is 0 Å². The average Bonchev–Trinajstić information content (AvgIpc) is 3.10. The van der Waals surface area contributed by atoms with Gasteiger partial charge in [0.2, 0.25) is 0 Å². The van der Waals surface area contributed by atoms with Crippen LogP contribution in [0.1, 0.15) is 39.9 Å². The van der Waals surface area contributed by atoms with Gasteiger partial charge < -0.3 is 9.72 Å². The molecule has 3 aromatic heterocycles. The van der Waals surface area contributed by atoms with Crippen molar-refractivity contribution in [1.82, 2.24) is 14.4 Å². The van der Waals surface area contributed by atoms with Crippen molar-refractivity contribution in [2.24, 2.45) is 0 Å². The minimum absolute atomic E-state index is 0.233. The maximum atomic E-state index is 14.3. The van der Waals surface area contributed by atoms with Crippen LogP contribution in [0.2, 0.25) is 0 Å². The van der Waals surface area contributed by atoms with E-state index >= 15 is 0 Å². The van der Waals surface area contributed by atoms with Crippen molar-refractivity contribution in [2.75, 3.05) is 5.32 Å². The van der Waals surface area contributed by atoms with Crippen molar-refractivity contribution < 1.29 is 9.18 Å². The number of pyridine rings is 2. The van der Waals surface area contributed by atoms with Crippen molar-refractivity contribution in [3.8, 4) is 0 Å². The van der Waals surface area contributed by atoms with E-state index in [9.17, 15) is 9.18 Å². The Hall–Kier alpha value is -3.80. The molecule has 4 rings (SSSR count). The van der Waals surface area contributed by atoms with E-state index in [2.05, 4.69) is 22.2 Å². The lowest BCUT2D eigenvalue weighted by Crippen LogP contribution is -2.12. The van der Waals surface area contributed by atoms with Gasteiger partial charge in [-0.05, 0) is 61.4 Å². The second-order valence-electron chi connectivity index (χ2n) is 6.93. The van der Waals surface area contributed by atoms with Gasteiger partial charge in [0, 0.05) is 23.7 Å². The molecule has 1 amide bonds. The zero-order valence-corrected chi connectivity index (χ0v) is 16.8.